The maximum atomic E-state index is 5.59. The van der Waals surface area contributed by atoms with Crippen molar-refractivity contribution in [1.82, 2.24) is 4.98 Å². The highest BCUT2D eigenvalue weighted by atomic mass is 16.5. The van der Waals surface area contributed by atoms with Crippen molar-refractivity contribution in [2.45, 2.75) is 31.9 Å². The number of nitrogens with one attached hydrogen (secondary N) is 2. The minimum absolute atomic E-state index is 0.0145. The lowest BCUT2D eigenvalue weighted by atomic mass is 9.95. The molecule has 1 fully saturated rings. The summed E-state index contributed by atoms with van der Waals surface area (Å²) >= 11 is 0. The van der Waals surface area contributed by atoms with E-state index in [-0.39, 0.29) is 11.6 Å². The number of ether oxygens (including phenoxy) is 1. The van der Waals surface area contributed by atoms with E-state index >= 15 is 0 Å². The summed E-state index contributed by atoms with van der Waals surface area (Å²) in [5.41, 5.74) is -0.0145. The van der Waals surface area contributed by atoms with Gasteiger partial charge in [-0.15, -0.1) is 0 Å². The second-order valence-corrected chi connectivity index (χ2v) is 4.46. The first-order chi connectivity index (χ1) is 7.64. The third kappa shape index (κ3) is 2.11. The van der Waals surface area contributed by atoms with E-state index in [0.717, 1.165) is 24.7 Å². The van der Waals surface area contributed by atoms with E-state index in [9.17, 15) is 0 Å². The molecule has 0 aliphatic carbocycles. The van der Waals surface area contributed by atoms with Gasteiger partial charge >= 0.3 is 0 Å². The molecular weight excluding hydrogens is 202 g/mol. The Balaban J connectivity index is 2.13. The Morgan fingerprint density at radius 2 is 2.19 bits per heavy atom. The third-order valence-corrected chi connectivity index (χ3v) is 3.31. The van der Waals surface area contributed by atoms with Crippen LogP contribution in [0.2, 0.25) is 0 Å². The molecule has 1 aromatic heterocycles. The van der Waals surface area contributed by atoms with Crippen LogP contribution in [0, 0.1) is 0 Å². The molecule has 1 aromatic rings. The molecule has 4 nitrogen and oxygen atoms in total. The van der Waals surface area contributed by atoms with Crippen molar-refractivity contribution < 1.29 is 4.74 Å². The molecule has 4 heteroatoms. The lowest BCUT2D eigenvalue weighted by Crippen LogP contribution is -2.41. The Hall–Kier alpha value is -1.29. The van der Waals surface area contributed by atoms with Crippen molar-refractivity contribution in [2.75, 3.05) is 24.3 Å². The topological polar surface area (TPSA) is 46.2 Å². The average molecular weight is 221 g/mol. The first-order valence-corrected chi connectivity index (χ1v) is 5.69. The average Bonchev–Trinajstić information content (AvgIpc) is 2.59. The van der Waals surface area contributed by atoms with Gasteiger partial charge in [-0.2, -0.15) is 0 Å². The summed E-state index contributed by atoms with van der Waals surface area (Å²) in [6, 6.07) is 5.92. The molecule has 2 N–H and O–H groups in total. The fourth-order valence-corrected chi connectivity index (χ4v) is 1.94. The summed E-state index contributed by atoms with van der Waals surface area (Å²) in [5, 5.41) is 6.50. The van der Waals surface area contributed by atoms with Gasteiger partial charge in [0.05, 0.1) is 11.6 Å². The summed E-state index contributed by atoms with van der Waals surface area (Å²) in [5.74, 6) is 1.77. The zero-order chi connectivity index (χ0) is 11.6. The molecule has 0 amide bonds. The van der Waals surface area contributed by atoms with Gasteiger partial charge in [-0.25, -0.2) is 4.98 Å². The number of nitrogens with zero attached hydrogens (tertiary/aromatic N) is 1. The Morgan fingerprint density at radius 1 is 1.44 bits per heavy atom. The lowest BCUT2D eigenvalue weighted by molar-refractivity contribution is 0.105. The number of pyridine rings is 1. The van der Waals surface area contributed by atoms with Crippen LogP contribution in [0.15, 0.2) is 18.2 Å². The van der Waals surface area contributed by atoms with E-state index in [0.29, 0.717) is 0 Å². The van der Waals surface area contributed by atoms with Gasteiger partial charge < -0.3 is 15.4 Å². The Bertz CT molecular complexity index is 369. The normalized spacial score (nSPS) is 29.1. The largest absolute Gasteiger partial charge is 0.376 e. The first-order valence-electron chi connectivity index (χ1n) is 5.69. The molecule has 2 rings (SSSR count). The van der Waals surface area contributed by atoms with E-state index < -0.39 is 0 Å². The van der Waals surface area contributed by atoms with Gasteiger partial charge in [0.2, 0.25) is 0 Å². The predicted octanol–water partition coefficient (Wildman–Crippen LogP) is 2.10. The standard InChI is InChI=1S/C12H19N3O/c1-9-12(2,7-8-16-9)15-11-6-4-5-10(13-3)14-11/h4-6,9H,7-8H2,1-3H3,(H2,13,14,15). The van der Waals surface area contributed by atoms with Crippen LogP contribution in [0.3, 0.4) is 0 Å². The molecule has 0 bridgehead atoms. The summed E-state index contributed by atoms with van der Waals surface area (Å²) in [6.45, 7) is 5.09. The molecule has 2 unspecified atom stereocenters. The number of hydrogen-bond donors (Lipinski definition) is 2. The highest BCUT2D eigenvalue weighted by molar-refractivity contribution is 5.46. The van der Waals surface area contributed by atoms with E-state index in [2.05, 4.69) is 29.5 Å². The van der Waals surface area contributed by atoms with Gasteiger partial charge in [0.15, 0.2) is 0 Å². The third-order valence-electron chi connectivity index (χ3n) is 3.31. The van der Waals surface area contributed by atoms with Gasteiger partial charge in [0.1, 0.15) is 11.6 Å². The van der Waals surface area contributed by atoms with E-state index in [1.165, 1.54) is 0 Å². The molecule has 88 valence electrons. The van der Waals surface area contributed by atoms with Crippen LogP contribution >= 0.6 is 0 Å². The monoisotopic (exact) mass is 221 g/mol. The SMILES string of the molecule is CNc1cccc(NC2(C)CCOC2C)n1. The summed E-state index contributed by atoms with van der Waals surface area (Å²) in [7, 11) is 1.87. The second kappa shape index (κ2) is 4.29. The van der Waals surface area contributed by atoms with Gasteiger partial charge in [-0.3, -0.25) is 0 Å². The molecule has 0 saturated carbocycles. The summed E-state index contributed by atoms with van der Waals surface area (Å²) in [6.07, 6.45) is 1.23. The molecule has 0 spiro atoms. The van der Waals surface area contributed by atoms with Gasteiger partial charge in [0, 0.05) is 13.7 Å². The van der Waals surface area contributed by atoms with Crippen molar-refractivity contribution in [3.8, 4) is 0 Å². The van der Waals surface area contributed by atoms with Crippen molar-refractivity contribution in [2.24, 2.45) is 0 Å². The maximum absolute atomic E-state index is 5.59. The molecule has 1 saturated heterocycles. The van der Waals surface area contributed by atoms with Crippen molar-refractivity contribution in [1.29, 1.82) is 0 Å². The molecule has 1 aliphatic rings. The van der Waals surface area contributed by atoms with E-state index in [1.54, 1.807) is 0 Å². The fourth-order valence-electron chi connectivity index (χ4n) is 1.94. The predicted molar refractivity (Wildman–Crippen MR) is 65.8 cm³/mol. The second-order valence-electron chi connectivity index (χ2n) is 4.46. The number of rotatable bonds is 3. The highest BCUT2D eigenvalue weighted by Crippen LogP contribution is 2.29. The van der Waals surface area contributed by atoms with Gasteiger partial charge in [-0.05, 0) is 32.4 Å². The summed E-state index contributed by atoms with van der Waals surface area (Å²) < 4.78 is 5.59. The quantitative estimate of drug-likeness (QED) is 0.820. The summed E-state index contributed by atoms with van der Waals surface area (Å²) in [4.78, 5) is 4.46. The molecule has 2 heterocycles. The Kier molecular flexibility index (Phi) is 3.01. The van der Waals surface area contributed by atoms with Crippen molar-refractivity contribution in [3.63, 3.8) is 0 Å². The van der Waals surface area contributed by atoms with Crippen LogP contribution in [-0.4, -0.2) is 30.3 Å². The fraction of sp³-hybridized carbons (Fsp3) is 0.583. The van der Waals surface area contributed by atoms with E-state index in [1.807, 2.05) is 25.2 Å². The highest BCUT2D eigenvalue weighted by Gasteiger charge is 2.37. The molecule has 1 aliphatic heterocycles. The van der Waals surface area contributed by atoms with Crippen LogP contribution in [0.1, 0.15) is 20.3 Å². The molecular formula is C12H19N3O. The lowest BCUT2D eigenvalue weighted by Gasteiger charge is -2.29. The molecule has 0 aromatic carbocycles. The first kappa shape index (κ1) is 11.2. The van der Waals surface area contributed by atoms with Crippen LogP contribution in [0.5, 0.6) is 0 Å². The van der Waals surface area contributed by atoms with Gasteiger partial charge in [-0.1, -0.05) is 6.07 Å². The zero-order valence-corrected chi connectivity index (χ0v) is 10.1. The van der Waals surface area contributed by atoms with E-state index in [4.69, 9.17) is 4.74 Å². The zero-order valence-electron chi connectivity index (χ0n) is 10.1. The van der Waals surface area contributed by atoms with Crippen LogP contribution < -0.4 is 10.6 Å². The maximum Gasteiger partial charge on any atom is 0.128 e. The minimum Gasteiger partial charge on any atom is -0.376 e. The smallest absolute Gasteiger partial charge is 0.128 e. The van der Waals surface area contributed by atoms with Crippen molar-refractivity contribution >= 4 is 11.6 Å². The minimum atomic E-state index is -0.0145. The van der Waals surface area contributed by atoms with Crippen LogP contribution in [0.4, 0.5) is 11.6 Å². The van der Waals surface area contributed by atoms with Gasteiger partial charge in [0.25, 0.3) is 0 Å². The molecule has 2 atom stereocenters. The number of hydrogen-bond acceptors (Lipinski definition) is 4. The number of anilines is 2. The van der Waals surface area contributed by atoms with Crippen LogP contribution in [-0.2, 0) is 4.74 Å². The Morgan fingerprint density at radius 3 is 2.81 bits per heavy atom. The van der Waals surface area contributed by atoms with Crippen LogP contribution in [0.25, 0.3) is 0 Å². The number of aromatic nitrogens is 1. The molecule has 16 heavy (non-hydrogen) atoms. The molecule has 0 radical (unpaired) electrons. The van der Waals surface area contributed by atoms with Crippen molar-refractivity contribution in [3.05, 3.63) is 18.2 Å². The Labute approximate surface area is 96.4 Å².